The lowest BCUT2D eigenvalue weighted by atomic mass is 10.1. The Hall–Kier alpha value is -2.87. The van der Waals surface area contributed by atoms with Crippen molar-refractivity contribution >= 4 is 17.6 Å². The zero-order valence-electron chi connectivity index (χ0n) is 16.5. The molecule has 0 radical (unpaired) electrons. The highest BCUT2D eigenvalue weighted by molar-refractivity contribution is 5.70. The van der Waals surface area contributed by atoms with Crippen LogP contribution in [0.1, 0.15) is 34.7 Å². The second-order valence-corrected chi connectivity index (χ2v) is 6.97. The number of nitrogens with zero attached hydrogens (tertiary/aromatic N) is 1. The number of rotatable bonds is 7. The van der Waals surface area contributed by atoms with Gasteiger partial charge in [0.25, 0.3) is 0 Å². The first-order chi connectivity index (χ1) is 13.2. The van der Waals surface area contributed by atoms with E-state index in [9.17, 15) is 0 Å². The average Bonchev–Trinajstić information content (AvgIpc) is 2.70. The number of aryl methyl sites for hydroxylation is 3. The molecular formula is C25H28N2. The van der Waals surface area contributed by atoms with Gasteiger partial charge in [0, 0.05) is 24.9 Å². The molecule has 3 rings (SSSR count). The van der Waals surface area contributed by atoms with Crippen LogP contribution in [0, 0.1) is 13.8 Å². The Morgan fingerprint density at radius 2 is 1.59 bits per heavy atom. The third-order valence-electron chi connectivity index (χ3n) is 4.94. The monoisotopic (exact) mass is 356 g/mol. The van der Waals surface area contributed by atoms with Crippen molar-refractivity contribution in [1.29, 1.82) is 0 Å². The van der Waals surface area contributed by atoms with Crippen molar-refractivity contribution in [1.82, 2.24) is 0 Å². The molecule has 0 aromatic heterocycles. The Bertz CT molecular complexity index is 908. The van der Waals surface area contributed by atoms with Gasteiger partial charge >= 0.3 is 0 Å². The lowest BCUT2D eigenvalue weighted by molar-refractivity contribution is 1.10. The van der Waals surface area contributed by atoms with Crippen molar-refractivity contribution in [2.24, 2.45) is 4.99 Å². The third kappa shape index (κ3) is 5.30. The van der Waals surface area contributed by atoms with Crippen LogP contribution in [0.15, 0.2) is 71.7 Å². The Kier molecular flexibility index (Phi) is 6.43. The second-order valence-electron chi connectivity index (χ2n) is 6.97. The van der Waals surface area contributed by atoms with Gasteiger partial charge in [-0.25, -0.2) is 0 Å². The van der Waals surface area contributed by atoms with Gasteiger partial charge in [0.15, 0.2) is 0 Å². The van der Waals surface area contributed by atoms with Gasteiger partial charge in [-0.1, -0.05) is 61.5 Å². The van der Waals surface area contributed by atoms with Crippen molar-refractivity contribution in [2.45, 2.75) is 40.2 Å². The van der Waals surface area contributed by atoms with Crippen molar-refractivity contribution in [3.8, 4) is 0 Å². The van der Waals surface area contributed by atoms with Crippen LogP contribution in [-0.4, -0.2) is 6.21 Å². The van der Waals surface area contributed by atoms with E-state index < -0.39 is 0 Å². The molecule has 0 bridgehead atoms. The fourth-order valence-corrected chi connectivity index (χ4v) is 3.04. The highest BCUT2D eigenvalue weighted by Gasteiger charge is 2.01. The molecule has 3 aromatic rings. The number of benzene rings is 3. The molecule has 3 aromatic carbocycles. The van der Waals surface area contributed by atoms with Crippen LogP contribution in [0.3, 0.4) is 0 Å². The minimum absolute atomic E-state index is 0.819. The summed E-state index contributed by atoms with van der Waals surface area (Å²) in [7, 11) is 0. The molecule has 0 atom stereocenters. The van der Waals surface area contributed by atoms with Gasteiger partial charge in [-0.15, -0.1) is 0 Å². The van der Waals surface area contributed by atoms with E-state index in [-0.39, 0.29) is 0 Å². The van der Waals surface area contributed by atoms with Crippen molar-refractivity contribution in [2.75, 3.05) is 5.32 Å². The van der Waals surface area contributed by atoms with E-state index in [1.165, 1.54) is 27.8 Å². The molecule has 2 heteroatoms. The largest absolute Gasteiger partial charge is 0.381 e. The summed E-state index contributed by atoms with van der Waals surface area (Å²) >= 11 is 0. The van der Waals surface area contributed by atoms with E-state index in [1.807, 2.05) is 6.21 Å². The van der Waals surface area contributed by atoms with Gasteiger partial charge in [-0.3, -0.25) is 4.99 Å². The zero-order valence-corrected chi connectivity index (χ0v) is 16.5. The maximum atomic E-state index is 4.72. The first kappa shape index (κ1) is 18.9. The van der Waals surface area contributed by atoms with E-state index >= 15 is 0 Å². The summed E-state index contributed by atoms with van der Waals surface area (Å²) in [6, 6.07) is 23.6. The fraction of sp³-hybridized carbons (Fsp3) is 0.240. The Balaban J connectivity index is 1.64. The SMILES string of the molecule is CCc1ccc(CNc2ccc(C)c(N=CCc3ccccc3C)c2)cc1. The van der Waals surface area contributed by atoms with Crippen LogP contribution in [0.4, 0.5) is 11.4 Å². The van der Waals surface area contributed by atoms with Crippen molar-refractivity contribution < 1.29 is 0 Å². The molecule has 0 spiro atoms. The Morgan fingerprint density at radius 3 is 2.33 bits per heavy atom. The van der Waals surface area contributed by atoms with Crippen LogP contribution in [-0.2, 0) is 19.4 Å². The minimum atomic E-state index is 0.819. The predicted molar refractivity (Wildman–Crippen MR) is 117 cm³/mol. The summed E-state index contributed by atoms with van der Waals surface area (Å²) in [6.07, 6.45) is 3.95. The summed E-state index contributed by atoms with van der Waals surface area (Å²) < 4.78 is 0. The standard InChI is InChI=1S/C25H28N2/c1-4-21-10-12-22(13-11-21)18-27-24-14-9-20(3)25(17-24)26-16-15-23-8-6-5-7-19(23)2/h5-14,16-17,27H,4,15,18H2,1-3H3. The average molecular weight is 357 g/mol. The minimum Gasteiger partial charge on any atom is -0.381 e. The number of nitrogens with one attached hydrogen (secondary N) is 1. The van der Waals surface area contributed by atoms with Crippen LogP contribution in [0.25, 0.3) is 0 Å². The van der Waals surface area contributed by atoms with Gasteiger partial charge < -0.3 is 5.32 Å². The molecule has 0 saturated heterocycles. The predicted octanol–water partition coefficient (Wildman–Crippen LogP) is 6.42. The lowest BCUT2D eigenvalue weighted by Crippen LogP contribution is -1.99. The summed E-state index contributed by atoms with van der Waals surface area (Å²) in [5, 5.41) is 3.51. The van der Waals surface area contributed by atoms with Crippen LogP contribution in [0.2, 0.25) is 0 Å². The van der Waals surface area contributed by atoms with Gasteiger partial charge in [-0.05, 0) is 60.2 Å². The second kappa shape index (κ2) is 9.18. The molecule has 27 heavy (non-hydrogen) atoms. The first-order valence-corrected chi connectivity index (χ1v) is 9.65. The quantitative estimate of drug-likeness (QED) is 0.485. The number of anilines is 1. The summed E-state index contributed by atoms with van der Waals surface area (Å²) in [5.74, 6) is 0. The first-order valence-electron chi connectivity index (χ1n) is 9.65. The van der Waals surface area contributed by atoms with Crippen LogP contribution in [0.5, 0.6) is 0 Å². The van der Waals surface area contributed by atoms with E-state index in [0.717, 1.165) is 30.8 Å². The van der Waals surface area contributed by atoms with Gasteiger partial charge in [-0.2, -0.15) is 0 Å². The number of aliphatic imine (C=N–C) groups is 1. The molecule has 0 fully saturated rings. The highest BCUT2D eigenvalue weighted by Crippen LogP contribution is 2.23. The van der Waals surface area contributed by atoms with Gasteiger partial charge in [0.2, 0.25) is 0 Å². The molecule has 0 heterocycles. The molecule has 0 amide bonds. The lowest BCUT2D eigenvalue weighted by Gasteiger charge is -2.09. The van der Waals surface area contributed by atoms with Crippen molar-refractivity contribution in [3.05, 3.63) is 94.5 Å². The highest BCUT2D eigenvalue weighted by atomic mass is 14.9. The van der Waals surface area contributed by atoms with Crippen LogP contribution < -0.4 is 5.32 Å². The van der Waals surface area contributed by atoms with E-state index in [4.69, 9.17) is 4.99 Å². The van der Waals surface area contributed by atoms with E-state index in [1.54, 1.807) is 0 Å². The molecule has 2 nitrogen and oxygen atoms in total. The smallest absolute Gasteiger partial charge is 0.0675 e. The third-order valence-corrected chi connectivity index (χ3v) is 4.94. The number of hydrogen-bond donors (Lipinski definition) is 1. The van der Waals surface area contributed by atoms with Crippen LogP contribution >= 0.6 is 0 Å². The summed E-state index contributed by atoms with van der Waals surface area (Å²) in [4.78, 5) is 4.72. The Morgan fingerprint density at radius 1 is 0.852 bits per heavy atom. The maximum Gasteiger partial charge on any atom is 0.0675 e. The normalized spacial score (nSPS) is 11.1. The van der Waals surface area contributed by atoms with Gasteiger partial charge in [0.1, 0.15) is 0 Å². The maximum absolute atomic E-state index is 4.72. The molecule has 0 unspecified atom stereocenters. The topological polar surface area (TPSA) is 24.4 Å². The molecule has 0 aliphatic carbocycles. The van der Waals surface area contributed by atoms with E-state index in [2.05, 4.69) is 92.8 Å². The zero-order chi connectivity index (χ0) is 19.1. The summed E-state index contributed by atoms with van der Waals surface area (Å²) in [6.45, 7) is 7.25. The molecular weight excluding hydrogens is 328 g/mol. The molecule has 138 valence electrons. The molecule has 0 aliphatic heterocycles. The molecule has 0 saturated carbocycles. The number of hydrogen-bond acceptors (Lipinski definition) is 2. The fourth-order valence-electron chi connectivity index (χ4n) is 3.04. The van der Waals surface area contributed by atoms with Crippen molar-refractivity contribution in [3.63, 3.8) is 0 Å². The van der Waals surface area contributed by atoms with Gasteiger partial charge in [0.05, 0.1) is 5.69 Å². The molecule has 0 aliphatic rings. The Labute approximate surface area is 163 Å². The summed E-state index contributed by atoms with van der Waals surface area (Å²) in [5.41, 5.74) is 8.61. The molecule has 1 N–H and O–H groups in total. The van der Waals surface area contributed by atoms with E-state index in [0.29, 0.717) is 0 Å².